The highest BCUT2D eigenvalue weighted by atomic mass is 32.2. The summed E-state index contributed by atoms with van der Waals surface area (Å²) in [7, 11) is -2.21. The third-order valence-electron chi connectivity index (χ3n) is 5.23. The zero-order valence-electron chi connectivity index (χ0n) is 17.6. The third-order valence-corrected chi connectivity index (χ3v) is 7.97. The molecule has 1 aliphatic heterocycles. The predicted molar refractivity (Wildman–Crippen MR) is 117 cm³/mol. The Morgan fingerprint density at radius 3 is 2.72 bits per heavy atom. The number of esters is 1. The zero-order chi connectivity index (χ0) is 22.7. The average Bonchev–Trinajstić information content (AvgIpc) is 3.51. The van der Waals surface area contributed by atoms with Gasteiger partial charge in [0.25, 0.3) is 11.8 Å². The third kappa shape index (κ3) is 4.69. The smallest absolute Gasteiger partial charge is 0.311 e. The second-order valence-corrected chi connectivity index (χ2v) is 10.3. The van der Waals surface area contributed by atoms with Crippen molar-refractivity contribution in [2.24, 2.45) is 5.92 Å². The van der Waals surface area contributed by atoms with Gasteiger partial charge in [-0.1, -0.05) is 6.07 Å². The molecular formula is C21H23N3O6S2. The fourth-order valence-corrected chi connectivity index (χ4v) is 5.64. The molecule has 170 valence electrons. The lowest BCUT2D eigenvalue weighted by atomic mass is 10.00. The van der Waals surface area contributed by atoms with Gasteiger partial charge in [0, 0.05) is 13.1 Å². The van der Waals surface area contributed by atoms with Gasteiger partial charge in [-0.25, -0.2) is 8.42 Å². The van der Waals surface area contributed by atoms with E-state index in [-0.39, 0.29) is 17.3 Å². The molecule has 2 aromatic heterocycles. The van der Waals surface area contributed by atoms with Crippen LogP contribution in [0.1, 0.15) is 31.8 Å². The summed E-state index contributed by atoms with van der Waals surface area (Å²) >= 11 is 1.47. The number of methoxy groups -OCH3 is 1. The van der Waals surface area contributed by atoms with E-state index >= 15 is 0 Å². The van der Waals surface area contributed by atoms with E-state index in [2.05, 4.69) is 10.2 Å². The van der Waals surface area contributed by atoms with Crippen LogP contribution in [0.5, 0.6) is 5.75 Å². The first-order valence-corrected chi connectivity index (χ1v) is 12.4. The minimum Gasteiger partial charge on any atom is -0.497 e. The lowest BCUT2D eigenvalue weighted by molar-refractivity contribution is -0.156. The minimum absolute atomic E-state index is 0.0597. The molecule has 2 atom stereocenters. The second-order valence-electron chi connectivity index (χ2n) is 7.38. The lowest BCUT2D eigenvalue weighted by Crippen LogP contribution is -2.42. The molecule has 0 bridgehead atoms. The van der Waals surface area contributed by atoms with E-state index in [1.54, 1.807) is 19.1 Å². The standard InChI is InChI=1S/C21H23N3O6S2/c1-14(19-22-23-20(30-19)18-6-4-12-31-18)29-21(25)15-5-3-11-24(13-15)32(26,27)17-9-7-16(28-2)8-10-17/h4,6-10,12,14-15H,3,5,11,13H2,1-2H3. The van der Waals surface area contributed by atoms with E-state index < -0.39 is 28.0 Å². The van der Waals surface area contributed by atoms with Crippen molar-refractivity contribution in [3.8, 4) is 16.5 Å². The van der Waals surface area contributed by atoms with E-state index in [1.165, 1.54) is 34.9 Å². The summed E-state index contributed by atoms with van der Waals surface area (Å²) in [6.45, 7) is 2.06. The lowest BCUT2D eigenvalue weighted by Gasteiger charge is -2.31. The van der Waals surface area contributed by atoms with E-state index in [0.717, 1.165) is 4.88 Å². The molecule has 2 unspecified atom stereocenters. The van der Waals surface area contributed by atoms with E-state index in [1.807, 2.05) is 17.5 Å². The van der Waals surface area contributed by atoms with Crippen molar-refractivity contribution in [2.45, 2.75) is 30.8 Å². The summed E-state index contributed by atoms with van der Waals surface area (Å²) in [5, 5.41) is 9.87. The highest BCUT2D eigenvalue weighted by Gasteiger charge is 2.35. The van der Waals surface area contributed by atoms with E-state index in [9.17, 15) is 13.2 Å². The predicted octanol–water partition coefficient (Wildman–Crippen LogP) is 3.51. The number of piperidine rings is 1. The first-order valence-electron chi connectivity index (χ1n) is 10.1. The molecule has 32 heavy (non-hydrogen) atoms. The van der Waals surface area contributed by atoms with Gasteiger partial charge in [-0.05, 0) is 55.5 Å². The van der Waals surface area contributed by atoms with Crippen LogP contribution in [0.2, 0.25) is 0 Å². The maximum absolute atomic E-state index is 13.0. The van der Waals surface area contributed by atoms with Gasteiger partial charge in [0.1, 0.15) is 5.75 Å². The summed E-state index contributed by atoms with van der Waals surface area (Å²) < 4.78 is 43.6. The minimum atomic E-state index is -3.73. The molecule has 0 saturated carbocycles. The molecule has 0 aliphatic carbocycles. The maximum atomic E-state index is 13.0. The molecular weight excluding hydrogens is 454 g/mol. The number of hydrogen-bond donors (Lipinski definition) is 0. The molecule has 1 aliphatic rings. The molecule has 3 heterocycles. The van der Waals surface area contributed by atoms with Gasteiger partial charge >= 0.3 is 5.97 Å². The van der Waals surface area contributed by atoms with Gasteiger partial charge in [0.2, 0.25) is 10.0 Å². The first-order chi connectivity index (χ1) is 15.4. The van der Waals surface area contributed by atoms with Crippen LogP contribution in [-0.4, -0.2) is 49.1 Å². The highest BCUT2D eigenvalue weighted by molar-refractivity contribution is 7.89. The van der Waals surface area contributed by atoms with Crippen LogP contribution in [0.15, 0.2) is 51.1 Å². The largest absolute Gasteiger partial charge is 0.497 e. The van der Waals surface area contributed by atoms with Gasteiger partial charge < -0.3 is 13.9 Å². The quantitative estimate of drug-likeness (QED) is 0.475. The maximum Gasteiger partial charge on any atom is 0.311 e. The summed E-state index contributed by atoms with van der Waals surface area (Å²) in [5.74, 6) is 0.0795. The van der Waals surface area contributed by atoms with E-state index in [0.29, 0.717) is 31.0 Å². The van der Waals surface area contributed by atoms with Crippen LogP contribution in [0, 0.1) is 5.92 Å². The summed E-state index contributed by atoms with van der Waals surface area (Å²) in [6, 6.07) is 9.93. The van der Waals surface area contributed by atoms with Gasteiger partial charge in [-0.3, -0.25) is 4.79 Å². The Balaban J connectivity index is 1.40. The van der Waals surface area contributed by atoms with Gasteiger partial charge in [0.05, 0.1) is 22.8 Å². The molecule has 1 fully saturated rings. The van der Waals surface area contributed by atoms with Crippen molar-refractivity contribution in [2.75, 3.05) is 20.2 Å². The monoisotopic (exact) mass is 477 g/mol. The van der Waals surface area contributed by atoms with Gasteiger partial charge in [0.15, 0.2) is 6.10 Å². The first kappa shape index (κ1) is 22.4. The zero-order valence-corrected chi connectivity index (χ0v) is 19.3. The Hall–Kier alpha value is -2.76. The van der Waals surface area contributed by atoms with Crippen LogP contribution in [0.3, 0.4) is 0 Å². The number of nitrogens with zero attached hydrogens (tertiary/aromatic N) is 3. The number of ether oxygens (including phenoxy) is 2. The Morgan fingerprint density at radius 2 is 2.03 bits per heavy atom. The second kappa shape index (κ2) is 9.39. The van der Waals surface area contributed by atoms with Crippen molar-refractivity contribution >= 4 is 27.3 Å². The number of rotatable bonds is 7. The van der Waals surface area contributed by atoms with Crippen LogP contribution in [-0.2, 0) is 19.6 Å². The molecule has 4 rings (SSSR count). The molecule has 0 N–H and O–H groups in total. The van der Waals surface area contributed by atoms with Crippen LogP contribution >= 0.6 is 11.3 Å². The number of carbonyl (C=O) groups is 1. The Kier molecular flexibility index (Phi) is 6.58. The summed E-state index contributed by atoms with van der Waals surface area (Å²) in [5.41, 5.74) is 0. The topological polar surface area (TPSA) is 112 Å². The Bertz CT molecular complexity index is 1160. The van der Waals surface area contributed by atoms with Crippen molar-refractivity contribution in [1.29, 1.82) is 0 Å². The number of sulfonamides is 1. The van der Waals surface area contributed by atoms with Crippen LogP contribution in [0.4, 0.5) is 0 Å². The van der Waals surface area contributed by atoms with E-state index in [4.69, 9.17) is 13.9 Å². The molecule has 3 aromatic rings. The fraction of sp³-hybridized carbons (Fsp3) is 0.381. The van der Waals surface area contributed by atoms with Crippen LogP contribution in [0.25, 0.3) is 10.8 Å². The molecule has 11 heteroatoms. The number of hydrogen-bond acceptors (Lipinski definition) is 9. The molecule has 0 amide bonds. The van der Waals surface area contributed by atoms with Crippen molar-refractivity contribution in [3.05, 3.63) is 47.7 Å². The molecule has 1 saturated heterocycles. The normalized spacial score (nSPS) is 18.2. The SMILES string of the molecule is COc1ccc(S(=O)(=O)N2CCCC(C(=O)OC(C)c3nnc(-c4cccs4)o3)C2)cc1. The molecule has 1 aromatic carbocycles. The van der Waals surface area contributed by atoms with Gasteiger partial charge in [-0.2, -0.15) is 4.31 Å². The van der Waals surface area contributed by atoms with Crippen molar-refractivity contribution in [3.63, 3.8) is 0 Å². The molecule has 0 spiro atoms. The van der Waals surface area contributed by atoms with Gasteiger partial charge in [-0.15, -0.1) is 21.5 Å². The average molecular weight is 478 g/mol. The van der Waals surface area contributed by atoms with Crippen LogP contribution < -0.4 is 4.74 Å². The number of aromatic nitrogens is 2. The molecule has 9 nitrogen and oxygen atoms in total. The Labute approximate surface area is 190 Å². The highest BCUT2D eigenvalue weighted by Crippen LogP contribution is 2.29. The van der Waals surface area contributed by atoms with Crippen molar-refractivity contribution < 1.29 is 27.1 Å². The summed E-state index contributed by atoms with van der Waals surface area (Å²) in [6.07, 6.45) is 0.370. The number of thiophene rings is 1. The molecule has 0 radical (unpaired) electrons. The Morgan fingerprint density at radius 1 is 1.25 bits per heavy atom. The number of carbonyl (C=O) groups excluding carboxylic acids is 1. The van der Waals surface area contributed by atoms with Crippen molar-refractivity contribution in [1.82, 2.24) is 14.5 Å². The number of benzene rings is 1. The summed E-state index contributed by atoms with van der Waals surface area (Å²) in [4.78, 5) is 13.7. The fourth-order valence-electron chi connectivity index (χ4n) is 3.47.